The predicted octanol–water partition coefficient (Wildman–Crippen LogP) is 0.831. The Balaban J connectivity index is 2.59. The van der Waals surface area contributed by atoms with E-state index in [1.807, 2.05) is 11.4 Å². The van der Waals surface area contributed by atoms with Gasteiger partial charge in [-0.05, 0) is 46.3 Å². The molecule has 13 heavy (non-hydrogen) atoms. The number of nitrogens with one attached hydrogen (secondary N) is 2. The molecule has 1 rings (SSSR count). The first-order chi connectivity index (χ1) is 6.11. The molecule has 0 aliphatic rings. The van der Waals surface area contributed by atoms with Gasteiger partial charge in [0.25, 0.3) is 5.91 Å². The van der Waals surface area contributed by atoms with Gasteiger partial charge in [0.2, 0.25) is 0 Å². The lowest BCUT2D eigenvalue weighted by atomic mass is 10.4. The molecule has 0 radical (unpaired) electrons. The van der Waals surface area contributed by atoms with Gasteiger partial charge in [-0.3, -0.25) is 15.6 Å². The fraction of sp³-hybridized carbons (Fsp3) is 0. The number of carbonyl (C=O) groups is 1. The van der Waals surface area contributed by atoms with Gasteiger partial charge >= 0.3 is 0 Å². The summed E-state index contributed by atoms with van der Waals surface area (Å²) in [5, 5.41) is 1.89. The van der Waals surface area contributed by atoms with E-state index in [1.165, 1.54) is 11.3 Å². The molecule has 0 fully saturated rings. The van der Waals surface area contributed by atoms with Crippen LogP contribution in [-0.2, 0) is 0 Å². The van der Waals surface area contributed by atoms with E-state index in [2.05, 4.69) is 45.7 Å². The van der Waals surface area contributed by atoms with Crippen molar-refractivity contribution in [3.8, 4) is 0 Å². The highest BCUT2D eigenvalue weighted by Crippen LogP contribution is 2.17. The zero-order chi connectivity index (χ0) is 9.84. The maximum Gasteiger partial charge on any atom is 0.280 e. The van der Waals surface area contributed by atoms with Gasteiger partial charge in [0.15, 0.2) is 5.11 Å². The Bertz CT molecular complexity index is 338. The van der Waals surface area contributed by atoms with Gasteiger partial charge in [-0.25, -0.2) is 0 Å². The molecule has 0 bridgehead atoms. The number of carbonyl (C=O) groups excluding carboxylic acids is 1. The van der Waals surface area contributed by atoms with Crippen LogP contribution in [0.2, 0.25) is 0 Å². The van der Waals surface area contributed by atoms with Gasteiger partial charge in [-0.1, -0.05) is 0 Å². The Morgan fingerprint density at radius 2 is 2.31 bits per heavy atom. The molecule has 1 aromatic heterocycles. The molecule has 0 saturated heterocycles. The number of thiocarbonyl (C=S) groups is 1. The van der Waals surface area contributed by atoms with E-state index in [0.717, 1.165) is 3.57 Å². The molecule has 1 aromatic rings. The van der Waals surface area contributed by atoms with Crippen molar-refractivity contribution in [2.75, 3.05) is 0 Å². The quantitative estimate of drug-likeness (QED) is 0.406. The van der Waals surface area contributed by atoms with Crippen LogP contribution in [0.1, 0.15) is 9.67 Å². The lowest BCUT2D eigenvalue weighted by Gasteiger charge is -2.04. The maximum atomic E-state index is 11.3. The first kappa shape index (κ1) is 10.7. The van der Waals surface area contributed by atoms with Crippen molar-refractivity contribution in [2.24, 2.45) is 5.73 Å². The number of hydrogen-bond acceptors (Lipinski definition) is 3. The zero-order valence-electron chi connectivity index (χ0n) is 6.33. The van der Waals surface area contributed by atoms with E-state index in [9.17, 15) is 4.79 Å². The van der Waals surface area contributed by atoms with Gasteiger partial charge in [0, 0.05) is 3.57 Å². The second-order valence-electron chi connectivity index (χ2n) is 2.04. The number of halogens is 1. The molecule has 0 spiro atoms. The molecule has 0 saturated carbocycles. The monoisotopic (exact) mass is 327 g/mol. The van der Waals surface area contributed by atoms with Crippen LogP contribution in [-0.4, -0.2) is 11.0 Å². The average molecular weight is 327 g/mol. The molecule has 0 unspecified atom stereocenters. The summed E-state index contributed by atoms with van der Waals surface area (Å²) >= 11 is 7.98. The third kappa shape index (κ3) is 3.08. The van der Waals surface area contributed by atoms with Crippen molar-refractivity contribution in [3.05, 3.63) is 19.9 Å². The fourth-order valence-corrected chi connectivity index (χ4v) is 2.41. The van der Waals surface area contributed by atoms with Crippen LogP contribution >= 0.6 is 46.1 Å². The van der Waals surface area contributed by atoms with Gasteiger partial charge < -0.3 is 5.73 Å². The van der Waals surface area contributed by atoms with E-state index in [1.54, 1.807) is 0 Å². The molecule has 0 aromatic carbocycles. The topological polar surface area (TPSA) is 67.2 Å². The number of hydrazine groups is 1. The molecule has 7 heteroatoms. The Hall–Kier alpha value is -0.410. The predicted molar refractivity (Wildman–Crippen MR) is 64.4 cm³/mol. The normalized spacial score (nSPS) is 9.31. The molecule has 1 amide bonds. The summed E-state index contributed by atoms with van der Waals surface area (Å²) < 4.78 is 0.907. The van der Waals surface area contributed by atoms with Crippen LogP contribution < -0.4 is 16.6 Å². The lowest BCUT2D eigenvalue weighted by Crippen LogP contribution is -2.44. The summed E-state index contributed by atoms with van der Waals surface area (Å²) in [5.74, 6) is -0.229. The number of nitrogens with two attached hydrogens (primary N) is 1. The highest BCUT2D eigenvalue weighted by Gasteiger charge is 2.10. The Morgan fingerprint density at radius 1 is 1.62 bits per heavy atom. The highest BCUT2D eigenvalue weighted by molar-refractivity contribution is 14.1. The lowest BCUT2D eigenvalue weighted by molar-refractivity contribution is 0.0947. The smallest absolute Gasteiger partial charge is 0.280 e. The van der Waals surface area contributed by atoms with Crippen molar-refractivity contribution < 1.29 is 4.79 Å². The van der Waals surface area contributed by atoms with Crippen molar-refractivity contribution in [1.29, 1.82) is 0 Å². The standard InChI is InChI=1S/C6H6IN3OS2/c7-3-1-2-13-4(3)5(11)9-10-6(8)12/h1-2H,(H,9,11)(H3,8,10,12). The summed E-state index contributed by atoms with van der Waals surface area (Å²) in [7, 11) is 0. The van der Waals surface area contributed by atoms with E-state index in [-0.39, 0.29) is 11.0 Å². The second-order valence-corrected chi connectivity index (χ2v) is 4.56. The van der Waals surface area contributed by atoms with Gasteiger partial charge in [0.1, 0.15) is 4.88 Å². The van der Waals surface area contributed by atoms with Crippen LogP contribution in [0, 0.1) is 3.57 Å². The SMILES string of the molecule is NC(=S)NNC(=O)c1sccc1I. The summed E-state index contributed by atoms with van der Waals surface area (Å²) in [6.45, 7) is 0. The van der Waals surface area contributed by atoms with Crippen LogP contribution in [0.25, 0.3) is 0 Å². The van der Waals surface area contributed by atoms with E-state index in [4.69, 9.17) is 5.73 Å². The average Bonchev–Trinajstić information content (AvgIpc) is 2.47. The minimum absolute atomic E-state index is 0.0416. The van der Waals surface area contributed by atoms with Gasteiger partial charge in [-0.2, -0.15) is 0 Å². The molecule has 0 aliphatic carbocycles. The number of thiophene rings is 1. The summed E-state index contributed by atoms with van der Waals surface area (Å²) in [6.07, 6.45) is 0. The van der Waals surface area contributed by atoms with Crippen molar-refractivity contribution in [3.63, 3.8) is 0 Å². The molecular formula is C6H6IN3OS2. The van der Waals surface area contributed by atoms with Crippen molar-refractivity contribution >= 4 is 57.2 Å². The van der Waals surface area contributed by atoms with Gasteiger partial charge in [-0.15, -0.1) is 11.3 Å². The fourth-order valence-electron chi connectivity index (χ4n) is 0.631. The van der Waals surface area contributed by atoms with Crippen LogP contribution in [0.3, 0.4) is 0 Å². The molecule has 1 heterocycles. The van der Waals surface area contributed by atoms with E-state index in [0.29, 0.717) is 4.88 Å². The number of amides is 1. The largest absolute Gasteiger partial charge is 0.375 e. The molecule has 4 N–H and O–H groups in total. The minimum Gasteiger partial charge on any atom is -0.375 e. The van der Waals surface area contributed by atoms with Crippen molar-refractivity contribution in [2.45, 2.75) is 0 Å². The Labute approximate surface area is 98.0 Å². The molecule has 4 nitrogen and oxygen atoms in total. The third-order valence-corrected chi connectivity index (χ3v) is 3.40. The third-order valence-electron chi connectivity index (χ3n) is 1.12. The second kappa shape index (κ2) is 4.72. The summed E-state index contributed by atoms with van der Waals surface area (Å²) in [6, 6.07) is 1.86. The Morgan fingerprint density at radius 3 is 2.77 bits per heavy atom. The minimum atomic E-state index is -0.229. The zero-order valence-corrected chi connectivity index (χ0v) is 10.1. The highest BCUT2D eigenvalue weighted by atomic mass is 127. The first-order valence-corrected chi connectivity index (χ1v) is 5.56. The Kier molecular flexibility index (Phi) is 3.88. The summed E-state index contributed by atoms with van der Waals surface area (Å²) in [4.78, 5) is 12.0. The molecule has 0 atom stereocenters. The van der Waals surface area contributed by atoms with Crippen molar-refractivity contribution in [1.82, 2.24) is 10.9 Å². The van der Waals surface area contributed by atoms with Crippen LogP contribution in [0.5, 0.6) is 0 Å². The van der Waals surface area contributed by atoms with Gasteiger partial charge in [0.05, 0.1) is 0 Å². The maximum absolute atomic E-state index is 11.3. The van der Waals surface area contributed by atoms with Crippen LogP contribution in [0.4, 0.5) is 0 Å². The number of hydrogen-bond donors (Lipinski definition) is 3. The molecular weight excluding hydrogens is 321 g/mol. The van der Waals surface area contributed by atoms with E-state index >= 15 is 0 Å². The number of rotatable bonds is 1. The summed E-state index contributed by atoms with van der Waals surface area (Å²) in [5.41, 5.74) is 9.89. The van der Waals surface area contributed by atoms with Crippen LogP contribution in [0.15, 0.2) is 11.4 Å². The first-order valence-electron chi connectivity index (χ1n) is 3.20. The molecule has 0 aliphatic heterocycles. The molecule has 70 valence electrons. The van der Waals surface area contributed by atoms with E-state index < -0.39 is 0 Å².